The van der Waals surface area contributed by atoms with E-state index in [1.54, 1.807) is 19.9 Å². The summed E-state index contributed by atoms with van der Waals surface area (Å²) in [5.41, 5.74) is 6.21. The average molecular weight is 383 g/mol. The number of esters is 1. The van der Waals surface area contributed by atoms with Crippen LogP contribution in [0.15, 0.2) is 18.2 Å². The predicted octanol–water partition coefficient (Wildman–Crippen LogP) is 2.49. The van der Waals surface area contributed by atoms with Crippen LogP contribution in [0.1, 0.15) is 40.2 Å². The number of hydrogen-bond acceptors (Lipinski definition) is 8. The molecule has 1 aromatic carbocycles. The smallest absolute Gasteiger partial charge is 0.504 e. The van der Waals surface area contributed by atoms with Crippen LogP contribution in [0.25, 0.3) is 0 Å². The maximum absolute atomic E-state index is 12.1. The highest BCUT2D eigenvalue weighted by molar-refractivity contribution is 5.76. The number of hydrogen-bond donors (Lipinski definition) is 3. The molecule has 152 valence electrons. The van der Waals surface area contributed by atoms with E-state index in [-0.39, 0.29) is 29.9 Å². The average Bonchev–Trinajstić information content (AvgIpc) is 2.55. The number of nitrogens with two attached hydrogens (primary N) is 1. The van der Waals surface area contributed by atoms with Crippen LogP contribution >= 0.6 is 0 Å². The first-order valence-corrected chi connectivity index (χ1v) is 8.69. The molecule has 0 fully saturated rings. The number of carbonyl (C=O) groups is 2. The van der Waals surface area contributed by atoms with E-state index in [2.05, 4.69) is 0 Å². The van der Waals surface area contributed by atoms with Gasteiger partial charge >= 0.3 is 12.1 Å². The van der Waals surface area contributed by atoms with E-state index in [1.807, 2.05) is 20.8 Å². The predicted molar refractivity (Wildman–Crippen MR) is 98.4 cm³/mol. The summed E-state index contributed by atoms with van der Waals surface area (Å²) in [6.07, 6.45) is -2.16. The molecule has 0 saturated heterocycles. The minimum atomic E-state index is -0.976. The minimum Gasteiger partial charge on any atom is -0.504 e. The van der Waals surface area contributed by atoms with Crippen LogP contribution in [0.2, 0.25) is 0 Å². The van der Waals surface area contributed by atoms with Crippen molar-refractivity contribution in [2.45, 2.75) is 59.3 Å². The standard InChI is InChI=1S/C19H29NO7/c1-11(12(2)27-18(24)25-10-19(3,4)5)26-17(23)14(20)8-13-6-7-15(21)16(22)9-13/h6-7,9,11-12,14,21-22H,8,10,20H2,1-5H3/t11-,12-,14+/m1/s1. The van der Waals surface area contributed by atoms with Gasteiger partial charge < -0.3 is 30.2 Å². The Morgan fingerprint density at radius 2 is 1.67 bits per heavy atom. The van der Waals surface area contributed by atoms with Crippen molar-refractivity contribution in [3.05, 3.63) is 23.8 Å². The number of carbonyl (C=O) groups excluding carboxylic acids is 2. The molecule has 0 heterocycles. The molecule has 27 heavy (non-hydrogen) atoms. The molecular weight excluding hydrogens is 354 g/mol. The van der Waals surface area contributed by atoms with Crippen LogP contribution in [0.3, 0.4) is 0 Å². The Morgan fingerprint density at radius 1 is 1.07 bits per heavy atom. The van der Waals surface area contributed by atoms with Gasteiger partial charge in [-0.25, -0.2) is 4.79 Å². The Bertz CT molecular complexity index is 654. The molecule has 0 unspecified atom stereocenters. The molecule has 0 radical (unpaired) electrons. The Labute approximate surface area is 159 Å². The fraction of sp³-hybridized carbons (Fsp3) is 0.579. The fourth-order valence-electron chi connectivity index (χ4n) is 1.96. The summed E-state index contributed by atoms with van der Waals surface area (Å²) in [5, 5.41) is 18.8. The van der Waals surface area contributed by atoms with Gasteiger partial charge in [-0.15, -0.1) is 0 Å². The highest BCUT2D eigenvalue weighted by atomic mass is 16.7. The van der Waals surface area contributed by atoms with E-state index in [9.17, 15) is 19.8 Å². The molecule has 0 spiro atoms. The lowest BCUT2D eigenvalue weighted by atomic mass is 9.99. The number of benzene rings is 1. The Kier molecular flexibility index (Phi) is 7.90. The van der Waals surface area contributed by atoms with Crippen molar-refractivity contribution in [3.63, 3.8) is 0 Å². The second-order valence-electron chi connectivity index (χ2n) is 7.70. The van der Waals surface area contributed by atoms with Gasteiger partial charge in [0.2, 0.25) is 0 Å². The van der Waals surface area contributed by atoms with Gasteiger partial charge in [-0.1, -0.05) is 26.8 Å². The van der Waals surface area contributed by atoms with E-state index >= 15 is 0 Å². The summed E-state index contributed by atoms with van der Waals surface area (Å²) in [7, 11) is 0. The van der Waals surface area contributed by atoms with Gasteiger partial charge in [0.15, 0.2) is 11.5 Å². The molecule has 8 nitrogen and oxygen atoms in total. The lowest BCUT2D eigenvalue weighted by Crippen LogP contribution is -2.39. The highest BCUT2D eigenvalue weighted by Gasteiger charge is 2.25. The minimum absolute atomic E-state index is 0.113. The molecule has 8 heteroatoms. The van der Waals surface area contributed by atoms with Crippen LogP contribution in [-0.4, -0.2) is 47.2 Å². The third-order valence-corrected chi connectivity index (χ3v) is 3.67. The summed E-state index contributed by atoms with van der Waals surface area (Å²) in [6.45, 7) is 9.13. The van der Waals surface area contributed by atoms with Crippen LogP contribution in [0, 0.1) is 5.41 Å². The lowest BCUT2D eigenvalue weighted by molar-refractivity contribution is -0.155. The zero-order valence-electron chi connectivity index (χ0n) is 16.4. The quantitative estimate of drug-likeness (QED) is 0.484. The molecular formula is C19H29NO7. The van der Waals surface area contributed by atoms with Gasteiger partial charge in [-0.3, -0.25) is 4.79 Å². The fourth-order valence-corrected chi connectivity index (χ4v) is 1.96. The molecule has 1 rings (SSSR count). The first-order chi connectivity index (χ1) is 12.4. The summed E-state index contributed by atoms with van der Waals surface area (Å²) >= 11 is 0. The van der Waals surface area contributed by atoms with Crippen molar-refractivity contribution in [1.29, 1.82) is 0 Å². The van der Waals surface area contributed by atoms with Crippen LogP contribution in [-0.2, 0) is 25.4 Å². The first kappa shape index (κ1) is 22.6. The zero-order chi connectivity index (χ0) is 20.8. The largest absolute Gasteiger partial charge is 0.508 e. The van der Waals surface area contributed by atoms with Gasteiger partial charge in [0, 0.05) is 0 Å². The maximum atomic E-state index is 12.1. The van der Waals surface area contributed by atoms with Crippen molar-refractivity contribution >= 4 is 12.1 Å². The van der Waals surface area contributed by atoms with Crippen molar-refractivity contribution in [3.8, 4) is 11.5 Å². The summed E-state index contributed by atoms with van der Waals surface area (Å²) in [4.78, 5) is 23.8. The third-order valence-electron chi connectivity index (χ3n) is 3.67. The molecule has 0 bridgehead atoms. The van der Waals surface area contributed by atoms with Crippen molar-refractivity contribution in [2.75, 3.05) is 6.61 Å². The third kappa shape index (κ3) is 8.17. The SMILES string of the molecule is C[C@@H](OC(=O)OCC(C)(C)C)[C@@H](C)OC(=O)[C@@H](N)Cc1ccc(O)c(O)c1. The number of phenolic OH excluding ortho intramolecular Hbond substituents is 2. The van der Waals surface area contributed by atoms with Gasteiger partial charge in [-0.05, 0) is 43.4 Å². The van der Waals surface area contributed by atoms with E-state index in [0.717, 1.165) is 0 Å². The summed E-state index contributed by atoms with van der Waals surface area (Å²) < 4.78 is 15.3. The number of ether oxygens (including phenoxy) is 3. The van der Waals surface area contributed by atoms with E-state index in [1.165, 1.54) is 12.1 Å². The summed E-state index contributed by atoms with van der Waals surface area (Å²) in [6, 6.07) is 3.20. The van der Waals surface area contributed by atoms with Gasteiger partial charge in [0.05, 0.1) is 6.61 Å². The molecule has 0 aliphatic heterocycles. The highest BCUT2D eigenvalue weighted by Crippen LogP contribution is 2.25. The molecule has 0 aliphatic carbocycles. The van der Waals surface area contributed by atoms with E-state index in [4.69, 9.17) is 19.9 Å². The maximum Gasteiger partial charge on any atom is 0.508 e. The second-order valence-corrected chi connectivity index (χ2v) is 7.70. The van der Waals surface area contributed by atoms with Gasteiger partial charge in [0.1, 0.15) is 18.2 Å². The molecule has 0 saturated carbocycles. The van der Waals surface area contributed by atoms with Crippen molar-refractivity contribution in [2.24, 2.45) is 11.1 Å². The Morgan fingerprint density at radius 3 is 2.22 bits per heavy atom. The Balaban J connectivity index is 2.49. The Hall–Kier alpha value is -2.48. The number of phenols is 2. The lowest BCUT2D eigenvalue weighted by Gasteiger charge is -2.23. The number of aromatic hydroxyl groups is 2. The van der Waals surface area contributed by atoms with Crippen LogP contribution < -0.4 is 5.73 Å². The van der Waals surface area contributed by atoms with E-state index in [0.29, 0.717) is 5.56 Å². The van der Waals surface area contributed by atoms with Gasteiger partial charge in [0.25, 0.3) is 0 Å². The zero-order valence-corrected chi connectivity index (χ0v) is 16.4. The molecule has 0 aromatic heterocycles. The van der Waals surface area contributed by atoms with Crippen molar-refractivity contribution < 1.29 is 34.0 Å². The normalized spacial score (nSPS) is 14.7. The summed E-state index contributed by atoms with van der Waals surface area (Å²) in [5.74, 6) is -1.22. The van der Waals surface area contributed by atoms with Crippen LogP contribution in [0.5, 0.6) is 11.5 Å². The second kappa shape index (κ2) is 9.45. The molecule has 0 aliphatic rings. The topological polar surface area (TPSA) is 128 Å². The van der Waals surface area contributed by atoms with Crippen molar-refractivity contribution in [1.82, 2.24) is 0 Å². The van der Waals surface area contributed by atoms with E-state index < -0.39 is 30.4 Å². The molecule has 4 N–H and O–H groups in total. The molecule has 1 aromatic rings. The first-order valence-electron chi connectivity index (χ1n) is 8.69. The molecule has 0 amide bonds. The molecule has 3 atom stereocenters. The number of rotatable bonds is 7. The van der Waals surface area contributed by atoms with Crippen LogP contribution in [0.4, 0.5) is 4.79 Å². The monoisotopic (exact) mass is 383 g/mol. The van der Waals surface area contributed by atoms with Gasteiger partial charge in [-0.2, -0.15) is 0 Å².